The zero-order valence-electron chi connectivity index (χ0n) is 15.4. The van der Waals surface area contributed by atoms with Gasteiger partial charge in [-0.15, -0.1) is 0 Å². The Morgan fingerprint density at radius 1 is 0.679 bits per heavy atom. The SMILES string of the molecule is [C-]#[N+]c1cc(C#N)c2c(C)ccc3c4ccc(C#N)c5c(C)ccc(c1c23)c54. The molecule has 0 aliphatic heterocycles. The molecule has 5 rings (SSSR count). The van der Waals surface area contributed by atoms with Crippen LogP contribution in [0.1, 0.15) is 22.3 Å². The van der Waals surface area contributed by atoms with Gasteiger partial charge in [-0.2, -0.15) is 10.5 Å². The molecular formula is C25H13N3. The highest BCUT2D eigenvalue weighted by Gasteiger charge is 2.20. The summed E-state index contributed by atoms with van der Waals surface area (Å²) in [6.07, 6.45) is 0. The molecule has 0 radical (unpaired) electrons. The highest BCUT2D eigenvalue weighted by Crippen LogP contribution is 2.46. The monoisotopic (exact) mass is 355 g/mol. The van der Waals surface area contributed by atoms with Crippen LogP contribution in [-0.2, 0) is 0 Å². The van der Waals surface area contributed by atoms with Gasteiger partial charge in [-0.05, 0) is 69.4 Å². The van der Waals surface area contributed by atoms with Crippen LogP contribution >= 0.6 is 0 Å². The molecule has 28 heavy (non-hydrogen) atoms. The lowest BCUT2D eigenvalue weighted by molar-refractivity contribution is 1.48. The van der Waals surface area contributed by atoms with Crippen LogP contribution in [-0.4, -0.2) is 0 Å². The zero-order chi connectivity index (χ0) is 19.6. The fraction of sp³-hybridized carbons (Fsp3) is 0.0800. The van der Waals surface area contributed by atoms with E-state index in [-0.39, 0.29) is 0 Å². The van der Waals surface area contributed by atoms with Crippen molar-refractivity contribution in [2.45, 2.75) is 13.8 Å². The number of benzene rings is 5. The number of hydrogen-bond acceptors (Lipinski definition) is 2. The molecule has 5 aromatic carbocycles. The number of aryl methyl sites for hydroxylation is 2. The number of nitrogens with zero attached hydrogens (tertiary/aromatic N) is 3. The smallest absolute Gasteiger partial charge is 0.196 e. The first-order valence-corrected chi connectivity index (χ1v) is 8.95. The maximum absolute atomic E-state index is 9.72. The van der Waals surface area contributed by atoms with Crippen LogP contribution < -0.4 is 0 Å². The fourth-order valence-electron chi connectivity index (χ4n) is 4.59. The lowest BCUT2D eigenvalue weighted by Crippen LogP contribution is -1.94. The molecule has 0 atom stereocenters. The molecule has 128 valence electrons. The molecular weight excluding hydrogens is 342 g/mol. The third-order valence-corrected chi connectivity index (χ3v) is 5.76. The topological polar surface area (TPSA) is 51.9 Å². The predicted octanol–water partition coefficient (Wildman–Crippen LogP) is 6.65. The van der Waals surface area contributed by atoms with Crippen LogP contribution in [0.4, 0.5) is 5.69 Å². The number of hydrogen-bond donors (Lipinski definition) is 0. The van der Waals surface area contributed by atoms with Gasteiger partial charge in [0, 0.05) is 16.3 Å². The zero-order valence-corrected chi connectivity index (χ0v) is 15.4. The van der Waals surface area contributed by atoms with Gasteiger partial charge in [-0.1, -0.05) is 30.3 Å². The van der Waals surface area contributed by atoms with Gasteiger partial charge in [0.05, 0.1) is 24.3 Å². The summed E-state index contributed by atoms with van der Waals surface area (Å²) in [6, 6.07) is 18.3. The van der Waals surface area contributed by atoms with Crippen molar-refractivity contribution in [2.75, 3.05) is 0 Å². The molecule has 0 saturated carbocycles. The van der Waals surface area contributed by atoms with Crippen LogP contribution in [0.3, 0.4) is 0 Å². The van der Waals surface area contributed by atoms with E-state index in [1.807, 2.05) is 44.2 Å². The molecule has 0 aliphatic carbocycles. The van der Waals surface area contributed by atoms with E-state index in [0.29, 0.717) is 16.8 Å². The van der Waals surface area contributed by atoms with E-state index in [0.717, 1.165) is 54.2 Å². The van der Waals surface area contributed by atoms with Crippen LogP contribution in [0.15, 0.2) is 42.5 Å². The van der Waals surface area contributed by atoms with Crippen molar-refractivity contribution in [3.05, 3.63) is 76.1 Å². The lowest BCUT2D eigenvalue weighted by atomic mass is 9.84. The fourth-order valence-corrected chi connectivity index (χ4v) is 4.59. The number of nitriles is 2. The third-order valence-electron chi connectivity index (χ3n) is 5.76. The molecule has 0 amide bonds. The van der Waals surface area contributed by atoms with Crippen molar-refractivity contribution in [1.29, 1.82) is 10.5 Å². The van der Waals surface area contributed by atoms with E-state index in [1.165, 1.54) is 0 Å². The molecule has 0 unspecified atom stereocenters. The minimum Gasteiger partial charge on any atom is -0.237 e. The first-order valence-electron chi connectivity index (χ1n) is 8.95. The van der Waals surface area contributed by atoms with Crippen LogP contribution in [0.25, 0.3) is 47.9 Å². The Morgan fingerprint density at radius 2 is 1.25 bits per heavy atom. The quantitative estimate of drug-likeness (QED) is 0.177. The van der Waals surface area contributed by atoms with Gasteiger partial charge in [0.1, 0.15) is 0 Å². The van der Waals surface area contributed by atoms with Gasteiger partial charge in [-0.25, -0.2) is 4.85 Å². The summed E-state index contributed by atoms with van der Waals surface area (Å²) in [5, 5.41) is 27.1. The molecule has 0 N–H and O–H groups in total. The summed E-state index contributed by atoms with van der Waals surface area (Å²) in [5.74, 6) is 0. The van der Waals surface area contributed by atoms with Gasteiger partial charge >= 0.3 is 0 Å². The summed E-state index contributed by atoms with van der Waals surface area (Å²) < 4.78 is 0. The van der Waals surface area contributed by atoms with Crippen LogP contribution in [0.5, 0.6) is 0 Å². The molecule has 0 saturated heterocycles. The van der Waals surface area contributed by atoms with Crippen molar-refractivity contribution in [3.8, 4) is 12.1 Å². The van der Waals surface area contributed by atoms with Crippen LogP contribution in [0, 0.1) is 43.1 Å². The largest absolute Gasteiger partial charge is 0.237 e. The van der Waals surface area contributed by atoms with E-state index in [1.54, 1.807) is 6.07 Å². The molecule has 0 fully saturated rings. The van der Waals surface area contributed by atoms with Crippen molar-refractivity contribution in [2.24, 2.45) is 0 Å². The van der Waals surface area contributed by atoms with Gasteiger partial charge in [0.15, 0.2) is 5.69 Å². The van der Waals surface area contributed by atoms with E-state index >= 15 is 0 Å². The van der Waals surface area contributed by atoms with Crippen molar-refractivity contribution >= 4 is 48.8 Å². The maximum Gasteiger partial charge on any atom is 0.196 e. The van der Waals surface area contributed by atoms with E-state index in [2.05, 4.69) is 23.0 Å². The minimum absolute atomic E-state index is 0.481. The molecule has 0 aromatic heterocycles. The maximum atomic E-state index is 9.72. The summed E-state index contributed by atoms with van der Waals surface area (Å²) in [5.41, 5.74) is 3.72. The second-order valence-electron chi connectivity index (χ2n) is 7.17. The van der Waals surface area contributed by atoms with Gasteiger partial charge in [-0.3, -0.25) is 0 Å². The van der Waals surface area contributed by atoms with E-state index in [4.69, 9.17) is 6.57 Å². The Balaban J connectivity index is 2.29. The molecule has 3 nitrogen and oxygen atoms in total. The highest BCUT2D eigenvalue weighted by atomic mass is 14.6. The Morgan fingerprint density at radius 3 is 1.89 bits per heavy atom. The second-order valence-corrected chi connectivity index (χ2v) is 7.17. The average Bonchev–Trinajstić information content (AvgIpc) is 2.73. The first-order chi connectivity index (χ1) is 13.6. The first kappa shape index (κ1) is 16.1. The molecule has 0 bridgehead atoms. The Labute approximate surface area is 161 Å². The molecule has 3 heteroatoms. The van der Waals surface area contributed by atoms with Gasteiger partial charge in [0.2, 0.25) is 0 Å². The Bertz CT molecular complexity index is 1600. The van der Waals surface area contributed by atoms with Gasteiger partial charge < -0.3 is 0 Å². The summed E-state index contributed by atoms with van der Waals surface area (Å²) in [6.45, 7) is 11.8. The average molecular weight is 355 g/mol. The van der Waals surface area contributed by atoms with E-state index < -0.39 is 0 Å². The normalized spacial score (nSPS) is 11.1. The Hall–Kier alpha value is -4.13. The molecule has 0 heterocycles. The predicted molar refractivity (Wildman–Crippen MR) is 113 cm³/mol. The van der Waals surface area contributed by atoms with Crippen molar-refractivity contribution in [3.63, 3.8) is 0 Å². The summed E-state index contributed by atoms with van der Waals surface area (Å²) in [4.78, 5) is 3.76. The molecule has 0 aliphatic rings. The summed E-state index contributed by atoms with van der Waals surface area (Å²) >= 11 is 0. The number of rotatable bonds is 0. The van der Waals surface area contributed by atoms with Crippen molar-refractivity contribution in [1.82, 2.24) is 0 Å². The molecule has 5 aromatic rings. The van der Waals surface area contributed by atoms with E-state index in [9.17, 15) is 10.5 Å². The summed E-state index contributed by atoms with van der Waals surface area (Å²) in [7, 11) is 0. The third kappa shape index (κ3) is 1.79. The van der Waals surface area contributed by atoms with Crippen LogP contribution in [0.2, 0.25) is 0 Å². The minimum atomic E-state index is 0.481. The highest BCUT2D eigenvalue weighted by molar-refractivity contribution is 6.36. The Kier molecular flexibility index (Phi) is 3.12. The standard InChI is InChI=1S/C25H13N3/c1-13-5-8-19-23-17(9-6-15(11-26)21(13)23)18-7-4-14(2)22-16(12-27)10-20(28-3)24(19)25(18)22/h4-10H,1-2H3. The lowest BCUT2D eigenvalue weighted by Gasteiger charge is -2.18. The van der Waals surface area contributed by atoms with Crippen molar-refractivity contribution < 1.29 is 0 Å². The second kappa shape index (κ2) is 5.43. The number of fused-ring (bicyclic) bond motifs is 2. The molecule has 0 spiro atoms. The van der Waals surface area contributed by atoms with Gasteiger partial charge in [0.25, 0.3) is 0 Å².